The maximum atomic E-state index is 13.7. The van der Waals surface area contributed by atoms with Gasteiger partial charge in [-0.2, -0.15) is 0 Å². The van der Waals surface area contributed by atoms with E-state index in [9.17, 15) is 14.0 Å². The van der Waals surface area contributed by atoms with Crippen LogP contribution in [-0.2, 0) is 4.79 Å². The van der Waals surface area contributed by atoms with Gasteiger partial charge in [0.25, 0.3) is 0 Å². The Labute approximate surface area is 149 Å². The van der Waals surface area contributed by atoms with E-state index in [1.54, 1.807) is 25.1 Å². The van der Waals surface area contributed by atoms with E-state index in [-0.39, 0.29) is 11.7 Å². The molecule has 0 fully saturated rings. The minimum Gasteiger partial charge on any atom is -0.338 e. The Morgan fingerprint density at radius 2 is 2.00 bits per heavy atom. The molecule has 1 aromatic carbocycles. The van der Waals surface area contributed by atoms with Crippen LogP contribution in [0.3, 0.4) is 0 Å². The van der Waals surface area contributed by atoms with Crippen LogP contribution in [0.25, 0.3) is 11.4 Å². The fourth-order valence-electron chi connectivity index (χ4n) is 1.84. The van der Waals surface area contributed by atoms with Crippen LogP contribution in [-0.4, -0.2) is 38.9 Å². The van der Waals surface area contributed by atoms with Gasteiger partial charge in [-0.1, -0.05) is 37.7 Å². The Bertz CT molecular complexity index is 750. The van der Waals surface area contributed by atoms with Crippen LogP contribution >= 0.6 is 11.8 Å². The zero-order valence-corrected chi connectivity index (χ0v) is 15.0. The molecule has 0 unspecified atom stereocenters. The second-order valence-electron chi connectivity index (χ2n) is 5.80. The van der Waals surface area contributed by atoms with E-state index in [4.69, 9.17) is 0 Å². The smallest absolute Gasteiger partial charge is 0.321 e. The Hall–Kier alpha value is -2.42. The van der Waals surface area contributed by atoms with Crippen molar-refractivity contribution < 1.29 is 14.0 Å². The molecular formula is C16H20FN5O2S. The summed E-state index contributed by atoms with van der Waals surface area (Å²) in [5.74, 6) is -0.299. The summed E-state index contributed by atoms with van der Waals surface area (Å²) >= 11 is 1.07. The van der Waals surface area contributed by atoms with Crippen LogP contribution in [0.5, 0.6) is 0 Å². The van der Waals surface area contributed by atoms with Crippen molar-refractivity contribution >= 4 is 23.7 Å². The molecule has 0 radical (unpaired) electrons. The van der Waals surface area contributed by atoms with Gasteiger partial charge in [-0.3, -0.25) is 15.2 Å². The van der Waals surface area contributed by atoms with E-state index in [0.717, 1.165) is 11.8 Å². The molecule has 0 saturated carbocycles. The molecule has 0 aliphatic heterocycles. The summed E-state index contributed by atoms with van der Waals surface area (Å²) in [4.78, 5) is 27.8. The molecule has 9 heteroatoms. The summed E-state index contributed by atoms with van der Waals surface area (Å²) in [7, 11) is 0. The standard InChI is InChI=1S/C16H20FN5O2S/c1-9(2)8-18-15(24)20-14(23)10(3)25-16-19-13(21-22-16)11-6-4-5-7-12(11)17/h4-7,9-10H,8H2,1-3H3,(H,19,21,22)(H2,18,20,23,24)/t10-/m1/s1. The van der Waals surface area contributed by atoms with Gasteiger partial charge in [0, 0.05) is 6.54 Å². The number of H-pyrrole nitrogens is 1. The van der Waals surface area contributed by atoms with Gasteiger partial charge in [-0.15, -0.1) is 5.10 Å². The van der Waals surface area contributed by atoms with Crippen LogP contribution in [0.1, 0.15) is 20.8 Å². The van der Waals surface area contributed by atoms with Gasteiger partial charge in [-0.05, 0) is 25.0 Å². The number of aromatic amines is 1. The third-order valence-corrected chi connectivity index (χ3v) is 4.11. The normalized spacial score (nSPS) is 12.0. The topological polar surface area (TPSA) is 99.8 Å². The van der Waals surface area contributed by atoms with Gasteiger partial charge in [0.15, 0.2) is 5.82 Å². The van der Waals surface area contributed by atoms with Crippen molar-refractivity contribution in [3.05, 3.63) is 30.1 Å². The van der Waals surface area contributed by atoms with E-state index in [0.29, 0.717) is 17.3 Å². The molecule has 1 heterocycles. The summed E-state index contributed by atoms with van der Waals surface area (Å²) in [6, 6.07) is 5.66. The highest BCUT2D eigenvalue weighted by Crippen LogP contribution is 2.24. The molecule has 2 aromatic rings. The lowest BCUT2D eigenvalue weighted by Crippen LogP contribution is -2.43. The molecule has 1 atom stereocenters. The van der Waals surface area contributed by atoms with E-state index >= 15 is 0 Å². The summed E-state index contributed by atoms with van der Waals surface area (Å²) < 4.78 is 13.7. The molecule has 3 N–H and O–H groups in total. The van der Waals surface area contributed by atoms with E-state index < -0.39 is 23.0 Å². The highest BCUT2D eigenvalue weighted by molar-refractivity contribution is 8.00. The van der Waals surface area contributed by atoms with Gasteiger partial charge >= 0.3 is 6.03 Å². The highest BCUT2D eigenvalue weighted by atomic mass is 32.2. The van der Waals surface area contributed by atoms with Gasteiger partial charge in [0.2, 0.25) is 11.1 Å². The molecule has 0 aliphatic rings. The number of hydrogen-bond acceptors (Lipinski definition) is 5. The quantitative estimate of drug-likeness (QED) is 0.683. The maximum Gasteiger partial charge on any atom is 0.321 e. The summed E-state index contributed by atoms with van der Waals surface area (Å²) in [6.07, 6.45) is 0. The first kappa shape index (κ1) is 18.9. The van der Waals surface area contributed by atoms with Crippen molar-refractivity contribution in [2.75, 3.05) is 6.54 Å². The third-order valence-electron chi connectivity index (χ3n) is 3.15. The fourth-order valence-corrected chi connectivity index (χ4v) is 2.56. The maximum absolute atomic E-state index is 13.7. The number of nitrogens with zero attached hydrogens (tertiary/aromatic N) is 2. The molecule has 134 valence electrons. The predicted octanol–water partition coefficient (Wildman–Crippen LogP) is 2.57. The molecular weight excluding hydrogens is 345 g/mol. The van der Waals surface area contributed by atoms with E-state index in [1.165, 1.54) is 6.07 Å². The lowest BCUT2D eigenvalue weighted by Gasteiger charge is -2.11. The average molecular weight is 365 g/mol. The third kappa shape index (κ3) is 5.56. The molecule has 2 rings (SSSR count). The zero-order chi connectivity index (χ0) is 18.4. The molecule has 0 bridgehead atoms. The highest BCUT2D eigenvalue weighted by Gasteiger charge is 2.20. The number of aromatic nitrogens is 3. The number of rotatable bonds is 6. The first-order valence-corrected chi connectivity index (χ1v) is 8.67. The van der Waals surface area contributed by atoms with Gasteiger partial charge < -0.3 is 5.32 Å². The minimum atomic E-state index is -0.589. The van der Waals surface area contributed by atoms with Crippen LogP contribution in [0, 0.1) is 11.7 Å². The molecule has 3 amide bonds. The van der Waals surface area contributed by atoms with E-state index in [1.807, 2.05) is 13.8 Å². The molecule has 0 aliphatic carbocycles. The van der Waals surface area contributed by atoms with E-state index in [2.05, 4.69) is 25.8 Å². The van der Waals surface area contributed by atoms with Crippen LogP contribution in [0.2, 0.25) is 0 Å². The molecule has 0 spiro atoms. The predicted molar refractivity (Wildman–Crippen MR) is 93.5 cm³/mol. The second-order valence-corrected chi connectivity index (χ2v) is 7.11. The Morgan fingerprint density at radius 1 is 1.28 bits per heavy atom. The summed E-state index contributed by atoms with van der Waals surface area (Å²) in [6.45, 7) is 6.02. The Kier molecular flexibility index (Phi) is 6.51. The van der Waals surface area contributed by atoms with Crippen molar-refractivity contribution in [1.82, 2.24) is 25.8 Å². The number of imide groups is 1. The number of halogens is 1. The minimum absolute atomic E-state index is 0.280. The van der Waals surface area contributed by atoms with Crippen LogP contribution in [0.4, 0.5) is 9.18 Å². The summed E-state index contributed by atoms with van der Waals surface area (Å²) in [5, 5.41) is 11.2. The molecule has 25 heavy (non-hydrogen) atoms. The van der Waals surface area contributed by atoms with Crippen molar-refractivity contribution in [2.24, 2.45) is 5.92 Å². The second kappa shape index (κ2) is 8.61. The van der Waals surface area contributed by atoms with Gasteiger partial charge in [0.05, 0.1) is 10.8 Å². The lowest BCUT2D eigenvalue weighted by atomic mass is 10.2. The SMILES string of the molecule is CC(C)CNC(=O)NC(=O)[C@@H](C)Sc1n[nH]c(-c2ccccc2F)n1. The van der Waals surface area contributed by atoms with Crippen molar-refractivity contribution in [2.45, 2.75) is 31.2 Å². The van der Waals surface area contributed by atoms with Gasteiger partial charge in [-0.25, -0.2) is 14.2 Å². The number of urea groups is 1. The number of nitrogens with one attached hydrogen (secondary N) is 3. The number of amides is 3. The van der Waals surface area contributed by atoms with Crippen molar-refractivity contribution in [3.63, 3.8) is 0 Å². The number of thioether (sulfide) groups is 1. The zero-order valence-electron chi connectivity index (χ0n) is 14.2. The van der Waals surface area contributed by atoms with Crippen molar-refractivity contribution in [1.29, 1.82) is 0 Å². The van der Waals surface area contributed by atoms with Crippen LogP contribution in [0.15, 0.2) is 29.4 Å². The fraction of sp³-hybridized carbons (Fsp3) is 0.375. The monoisotopic (exact) mass is 365 g/mol. The number of hydrogen-bond donors (Lipinski definition) is 3. The average Bonchev–Trinajstić information content (AvgIpc) is 3.01. The lowest BCUT2D eigenvalue weighted by molar-refractivity contribution is -0.119. The first-order chi connectivity index (χ1) is 11.9. The largest absolute Gasteiger partial charge is 0.338 e. The number of carbonyl (C=O) groups is 2. The summed E-state index contributed by atoms with van der Waals surface area (Å²) in [5.41, 5.74) is 0.298. The van der Waals surface area contributed by atoms with Gasteiger partial charge in [0.1, 0.15) is 5.82 Å². The first-order valence-electron chi connectivity index (χ1n) is 7.79. The number of benzene rings is 1. The van der Waals surface area contributed by atoms with Crippen molar-refractivity contribution in [3.8, 4) is 11.4 Å². The molecule has 1 aromatic heterocycles. The number of carbonyl (C=O) groups excluding carboxylic acids is 2. The molecule has 7 nitrogen and oxygen atoms in total. The Morgan fingerprint density at radius 3 is 2.68 bits per heavy atom. The van der Waals surface area contributed by atoms with Crippen LogP contribution < -0.4 is 10.6 Å². The molecule has 0 saturated heterocycles. The Balaban J connectivity index is 1.92.